The van der Waals surface area contributed by atoms with Crippen LogP contribution in [0.5, 0.6) is 0 Å². The van der Waals surface area contributed by atoms with Gasteiger partial charge in [-0.1, -0.05) is 54.1 Å². The Morgan fingerprint density at radius 2 is 1.76 bits per heavy atom. The van der Waals surface area contributed by atoms with Gasteiger partial charge in [0.1, 0.15) is 6.04 Å². The van der Waals surface area contributed by atoms with Crippen LogP contribution in [-0.4, -0.2) is 29.3 Å². The molecule has 2 amide bonds. The lowest BCUT2D eigenvalue weighted by atomic mass is 10.1. The van der Waals surface area contributed by atoms with E-state index in [1.165, 1.54) is 0 Å². The van der Waals surface area contributed by atoms with E-state index < -0.39 is 6.04 Å². The molecular weight excluding hydrogens is 336 g/mol. The molecule has 25 heavy (non-hydrogen) atoms. The topological polar surface area (TPSA) is 49.4 Å². The van der Waals surface area contributed by atoms with Gasteiger partial charge in [0, 0.05) is 18.1 Å². The zero-order valence-electron chi connectivity index (χ0n) is 14.5. The van der Waals surface area contributed by atoms with Crippen molar-refractivity contribution in [3.8, 4) is 0 Å². The highest BCUT2D eigenvalue weighted by Crippen LogP contribution is 2.16. The molecule has 0 aromatic heterocycles. The minimum Gasteiger partial charge on any atom is -0.355 e. The first-order valence-electron chi connectivity index (χ1n) is 8.36. The molecule has 0 unspecified atom stereocenters. The van der Waals surface area contributed by atoms with Gasteiger partial charge in [0.2, 0.25) is 11.8 Å². The van der Waals surface area contributed by atoms with E-state index in [-0.39, 0.29) is 18.2 Å². The van der Waals surface area contributed by atoms with E-state index in [1.54, 1.807) is 17.9 Å². The van der Waals surface area contributed by atoms with Crippen LogP contribution in [-0.2, 0) is 22.6 Å². The maximum atomic E-state index is 12.9. The van der Waals surface area contributed by atoms with Gasteiger partial charge in [0.25, 0.3) is 0 Å². The summed E-state index contributed by atoms with van der Waals surface area (Å²) in [6, 6.07) is 16.3. The van der Waals surface area contributed by atoms with Crippen molar-refractivity contribution in [2.24, 2.45) is 0 Å². The summed E-state index contributed by atoms with van der Waals surface area (Å²) in [5, 5.41) is 3.39. The fourth-order valence-corrected chi connectivity index (χ4v) is 2.82. The number of hydrogen-bond acceptors (Lipinski definition) is 2. The van der Waals surface area contributed by atoms with Crippen molar-refractivity contribution in [1.82, 2.24) is 10.2 Å². The minimum absolute atomic E-state index is 0.0927. The van der Waals surface area contributed by atoms with Crippen LogP contribution in [0.15, 0.2) is 54.6 Å². The lowest BCUT2D eigenvalue weighted by Crippen LogP contribution is -2.48. The molecule has 0 radical (unpaired) electrons. The van der Waals surface area contributed by atoms with Gasteiger partial charge >= 0.3 is 0 Å². The van der Waals surface area contributed by atoms with E-state index in [2.05, 4.69) is 5.32 Å². The molecule has 0 fully saturated rings. The summed E-state index contributed by atoms with van der Waals surface area (Å²) in [5.41, 5.74) is 1.82. The Hall–Kier alpha value is -2.33. The third-order valence-electron chi connectivity index (χ3n) is 3.96. The molecular formula is C20H23ClN2O2. The number of benzene rings is 2. The van der Waals surface area contributed by atoms with Crippen molar-refractivity contribution >= 4 is 23.4 Å². The van der Waals surface area contributed by atoms with Gasteiger partial charge in [-0.15, -0.1) is 0 Å². The number of hydrogen-bond donors (Lipinski definition) is 1. The van der Waals surface area contributed by atoms with Crippen molar-refractivity contribution in [2.75, 3.05) is 6.54 Å². The molecule has 0 aliphatic carbocycles. The molecule has 2 aromatic carbocycles. The first-order chi connectivity index (χ1) is 12.0. The Kier molecular flexibility index (Phi) is 7.02. The molecule has 0 spiro atoms. The van der Waals surface area contributed by atoms with E-state index in [0.717, 1.165) is 11.1 Å². The van der Waals surface area contributed by atoms with E-state index in [1.807, 2.05) is 55.5 Å². The molecule has 0 bridgehead atoms. The SMILES string of the molecule is CCNC(=O)[C@@H](C)N(Cc1cccc(Cl)c1)C(=O)Cc1ccccc1. The fraction of sp³-hybridized carbons (Fsp3) is 0.300. The van der Waals surface area contributed by atoms with E-state index >= 15 is 0 Å². The van der Waals surface area contributed by atoms with Gasteiger partial charge in [0.15, 0.2) is 0 Å². The smallest absolute Gasteiger partial charge is 0.242 e. The molecule has 1 N–H and O–H groups in total. The standard InChI is InChI=1S/C20H23ClN2O2/c1-3-22-20(25)15(2)23(14-17-10-7-11-18(21)12-17)19(24)13-16-8-5-4-6-9-16/h4-12,15H,3,13-14H2,1-2H3,(H,22,25)/t15-/m1/s1. The van der Waals surface area contributed by atoms with Crippen LogP contribution in [0.25, 0.3) is 0 Å². The third kappa shape index (κ3) is 5.61. The second-order valence-electron chi connectivity index (χ2n) is 5.88. The summed E-state index contributed by atoms with van der Waals surface area (Å²) in [6.45, 7) is 4.47. The normalized spacial score (nSPS) is 11.6. The van der Waals surface area contributed by atoms with Crippen LogP contribution in [0.4, 0.5) is 0 Å². The van der Waals surface area contributed by atoms with Gasteiger partial charge in [-0.05, 0) is 37.1 Å². The highest BCUT2D eigenvalue weighted by atomic mass is 35.5. The monoisotopic (exact) mass is 358 g/mol. The van der Waals surface area contributed by atoms with Crippen molar-refractivity contribution < 1.29 is 9.59 Å². The highest BCUT2D eigenvalue weighted by molar-refractivity contribution is 6.30. The van der Waals surface area contributed by atoms with Crippen molar-refractivity contribution in [2.45, 2.75) is 32.9 Å². The molecule has 1 atom stereocenters. The second-order valence-corrected chi connectivity index (χ2v) is 6.32. The van der Waals surface area contributed by atoms with Crippen molar-refractivity contribution in [3.05, 3.63) is 70.7 Å². The Morgan fingerprint density at radius 3 is 2.40 bits per heavy atom. The number of halogens is 1. The van der Waals surface area contributed by atoms with Crippen LogP contribution < -0.4 is 5.32 Å². The van der Waals surface area contributed by atoms with Crippen molar-refractivity contribution in [3.63, 3.8) is 0 Å². The third-order valence-corrected chi connectivity index (χ3v) is 4.19. The Bertz CT molecular complexity index is 719. The average Bonchev–Trinajstić information content (AvgIpc) is 2.60. The molecule has 0 heterocycles. The Morgan fingerprint density at radius 1 is 1.08 bits per heavy atom. The summed E-state index contributed by atoms with van der Waals surface area (Å²) in [7, 11) is 0. The fourth-order valence-electron chi connectivity index (χ4n) is 2.61. The molecule has 0 aliphatic rings. The molecule has 0 saturated heterocycles. The zero-order valence-corrected chi connectivity index (χ0v) is 15.3. The van der Waals surface area contributed by atoms with E-state index in [9.17, 15) is 9.59 Å². The molecule has 4 nitrogen and oxygen atoms in total. The highest BCUT2D eigenvalue weighted by Gasteiger charge is 2.25. The van der Waals surface area contributed by atoms with Crippen LogP contribution in [0.3, 0.4) is 0 Å². The first-order valence-corrected chi connectivity index (χ1v) is 8.74. The molecule has 5 heteroatoms. The maximum absolute atomic E-state index is 12.9. The van der Waals surface area contributed by atoms with Crippen LogP contribution >= 0.6 is 11.6 Å². The van der Waals surface area contributed by atoms with Crippen molar-refractivity contribution in [1.29, 1.82) is 0 Å². The number of rotatable bonds is 7. The minimum atomic E-state index is -0.560. The predicted molar refractivity (Wildman–Crippen MR) is 100 cm³/mol. The second kappa shape index (κ2) is 9.23. The summed E-state index contributed by atoms with van der Waals surface area (Å²) in [5.74, 6) is -0.254. The average molecular weight is 359 g/mol. The predicted octanol–water partition coefficient (Wildman–Crippen LogP) is 3.44. The maximum Gasteiger partial charge on any atom is 0.242 e. The molecule has 0 aliphatic heterocycles. The quantitative estimate of drug-likeness (QED) is 0.824. The Labute approximate surface area is 153 Å². The summed E-state index contributed by atoms with van der Waals surface area (Å²) >= 11 is 6.05. The van der Waals surface area contributed by atoms with Crippen LogP contribution in [0.1, 0.15) is 25.0 Å². The summed E-state index contributed by atoms with van der Waals surface area (Å²) in [6.07, 6.45) is 0.255. The molecule has 2 aromatic rings. The first kappa shape index (κ1) is 19.0. The lowest BCUT2D eigenvalue weighted by Gasteiger charge is -2.29. The molecule has 2 rings (SSSR count). The van der Waals surface area contributed by atoms with Crippen LogP contribution in [0, 0.1) is 0 Å². The largest absolute Gasteiger partial charge is 0.355 e. The van der Waals surface area contributed by atoms with Gasteiger partial charge in [-0.25, -0.2) is 0 Å². The number of nitrogens with zero attached hydrogens (tertiary/aromatic N) is 1. The van der Waals surface area contributed by atoms with Gasteiger partial charge < -0.3 is 10.2 Å². The number of nitrogens with one attached hydrogen (secondary N) is 1. The number of likely N-dealkylation sites (N-methyl/N-ethyl adjacent to an activating group) is 1. The number of amides is 2. The lowest BCUT2D eigenvalue weighted by molar-refractivity contribution is -0.140. The number of carbonyl (C=O) groups is 2. The van der Waals surface area contributed by atoms with E-state index in [4.69, 9.17) is 11.6 Å². The number of carbonyl (C=O) groups excluding carboxylic acids is 2. The van der Waals surface area contributed by atoms with Gasteiger partial charge in [0.05, 0.1) is 6.42 Å². The van der Waals surface area contributed by atoms with E-state index in [0.29, 0.717) is 18.1 Å². The van der Waals surface area contributed by atoms with Gasteiger partial charge in [-0.3, -0.25) is 9.59 Å². The van der Waals surface area contributed by atoms with Crippen LogP contribution in [0.2, 0.25) is 5.02 Å². The van der Waals surface area contributed by atoms with Gasteiger partial charge in [-0.2, -0.15) is 0 Å². The summed E-state index contributed by atoms with van der Waals surface area (Å²) in [4.78, 5) is 26.7. The zero-order chi connectivity index (χ0) is 18.2. The Balaban J connectivity index is 2.21. The molecule has 0 saturated carbocycles. The summed E-state index contributed by atoms with van der Waals surface area (Å²) < 4.78 is 0. The molecule has 132 valence electrons.